The number of piperazine rings is 1. The summed E-state index contributed by atoms with van der Waals surface area (Å²) in [5.41, 5.74) is 1.50. The molecule has 0 radical (unpaired) electrons. The lowest BCUT2D eigenvalue weighted by Crippen LogP contribution is -2.53. The number of benzene rings is 2. The average Bonchev–Trinajstić information content (AvgIpc) is 3.25. The number of halogens is 1. The van der Waals surface area contributed by atoms with E-state index in [1.807, 2.05) is 45.3 Å². The lowest BCUT2D eigenvalue weighted by molar-refractivity contribution is 0.263. The van der Waals surface area contributed by atoms with Crippen molar-refractivity contribution in [3.05, 3.63) is 52.5 Å². The van der Waals surface area contributed by atoms with E-state index in [2.05, 4.69) is 20.1 Å². The zero-order valence-electron chi connectivity index (χ0n) is 22.2. The highest BCUT2D eigenvalue weighted by molar-refractivity contribution is 6.11. The summed E-state index contributed by atoms with van der Waals surface area (Å²) in [6, 6.07) is 12.2. The van der Waals surface area contributed by atoms with Crippen LogP contribution in [0.25, 0.3) is 23.3 Å². The Bertz CT molecular complexity index is 1450. The Labute approximate surface area is 222 Å². The first-order valence-corrected chi connectivity index (χ1v) is 13.1. The fourth-order valence-corrected chi connectivity index (χ4v) is 5.31. The number of phenols is 1. The van der Waals surface area contributed by atoms with Crippen LogP contribution >= 0.6 is 0 Å². The highest BCUT2D eigenvalue weighted by atomic mass is 19.1. The molecule has 9 heteroatoms. The second kappa shape index (κ2) is 11.4. The minimum Gasteiger partial charge on any atom is -0.508 e. The Morgan fingerprint density at radius 2 is 1.97 bits per heavy atom. The van der Waals surface area contributed by atoms with Crippen LogP contribution in [-0.4, -0.2) is 78.1 Å². The van der Waals surface area contributed by atoms with Crippen molar-refractivity contribution in [1.82, 2.24) is 20.2 Å². The molecule has 0 saturated carbocycles. The smallest absolute Gasteiger partial charge is 0.319 e. The Balaban J connectivity index is 1.56. The van der Waals surface area contributed by atoms with E-state index < -0.39 is 0 Å². The molecule has 2 saturated heterocycles. The van der Waals surface area contributed by atoms with Crippen LogP contribution in [0.15, 0.2) is 41.4 Å². The fourth-order valence-electron chi connectivity index (χ4n) is 5.31. The average molecular weight is 519 g/mol. The van der Waals surface area contributed by atoms with Gasteiger partial charge in [0.1, 0.15) is 23.2 Å². The molecule has 2 bridgehead atoms. The number of fused-ring (bicyclic) bond motifs is 3. The van der Waals surface area contributed by atoms with Gasteiger partial charge in [-0.1, -0.05) is 24.3 Å². The first kappa shape index (κ1) is 26.1. The highest BCUT2D eigenvalue weighted by Gasteiger charge is 2.33. The molecule has 2 fully saturated rings. The molecule has 0 aliphatic carbocycles. The van der Waals surface area contributed by atoms with Crippen LogP contribution in [0.4, 0.5) is 10.2 Å². The summed E-state index contributed by atoms with van der Waals surface area (Å²) in [6.45, 7) is 4.76. The lowest BCUT2D eigenvalue weighted by Gasteiger charge is -2.34. The topological polar surface area (TPSA) is 86.1 Å². The maximum Gasteiger partial charge on any atom is 0.319 e. The Morgan fingerprint density at radius 1 is 1.21 bits per heavy atom. The fraction of sp³-hybridized carbons (Fsp3) is 0.414. The van der Waals surface area contributed by atoms with Gasteiger partial charge in [0, 0.05) is 49.2 Å². The number of aliphatic imine (C=N–C) groups is 1. The molecule has 38 heavy (non-hydrogen) atoms. The molecule has 1 aromatic heterocycles. The van der Waals surface area contributed by atoms with Crippen molar-refractivity contribution in [2.45, 2.75) is 38.3 Å². The molecule has 0 spiro atoms. The van der Waals surface area contributed by atoms with Crippen molar-refractivity contribution in [2.75, 3.05) is 45.2 Å². The predicted molar refractivity (Wildman–Crippen MR) is 150 cm³/mol. The number of aromatic nitrogens is 2. The zero-order valence-corrected chi connectivity index (χ0v) is 22.2. The third-order valence-corrected chi connectivity index (χ3v) is 7.16. The summed E-state index contributed by atoms with van der Waals surface area (Å²) < 4.78 is 20.1. The lowest BCUT2D eigenvalue weighted by atomic mass is 10.0. The van der Waals surface area contributed by atoms with E-state index in [0.29, 0.717) is 41.8 Å². The van der Waals surface area contributed by atoms with Gasteiger partial charge >= 0.3 is 6.01 Å². The quantitative estimate of drug-likeness (QED) is 0.350. The number of nitrogens with zero attached hydrogens (tertiary/aromatic N) is 5. The van der Waals surface area contributed by atoms with Crippen molar-refractivity contribution in [3.63, 3.8) is 0 Å². The number of aromatic hydroxyl groups is 1. The Hall–Kier alpha value is -3.56. The molecular formula is C29H35FN6O2. The van der Waals surface area contributed by atoms with Crippen molar-refractivity contribution in [1.29, 1.82) is 0 Å². The third kappa shape index (κ3) is 5.79. The first-order valence-electron chi connectivity index (χ1n) is 13.1. The van der Waals surface area contributed by atoms with Crippen molar-refractivity contribution < 1.29 is 14.2 Å². The van der Waals surface area contributed by atoms with Gasteiger partial charge in [-0.2, -0.15) is 9.97 Å². The molecule has 3 heterocycles. The summed E-state index contributed by atoms with van der Waals surface area (Å²) >= 11 is 0. The van der Waals surface area contributed by atoms with Gasteiger partial charge in [-0.25, -0.2) is 4.39 Å². The van der Waals surface area contributed by atoms with Crippen LogP contribution in [0.1, 0.15) is 31.7 Å². The molecule has 2 atom stereocenters. The van der Waals surface area contributed by atoms with E-state index in [0.717, 1.165) is 55.2 Å². The van der Waals surface area contributed by atoms with Crippen LogP contribution in [0.5, 0.6) is 11.8 Å². The largest absolute Gasteiger partial charge is 0.508 e. The van der Waals surface area contributed by atoms with Crippen molar-refractivity contribution in [3.8, 4) is 11.8 Å². The van der Waals surface area contributed by atoms with Crippen LogP contribution < -0.4 is 25.5 Å². The van der Waals surface area contributed by atoms with E-state index in [4.69, 9.17) is 14.7 Å². The van der Waals surface area contributed by atoms with E-state index in [1.54, 1.807) is 18.3 Å². The maximum absolute atomic E-state index is 14.3. The molecule has 200 valence electrons. The monoisotopic (exact) mass is 518 g/mol. The van der Waals surface area contributed by atoms with Gasteiger partial charge in [0.25, 0.3) is 0 Å². The standard InChI is InChI=1S/C29H35FN6O2/c1-19(25-14-23(37)13-20-7-4-5-8-24(20)25)31-16-26-27(15-30)33-29(38-12-6-11-35(2)3)34-28(26)36-17-21-9-10-22(18-36)32-21/h4-5,7-8,13-16,21-22,32,37H,6,9-12,17-18H2,1-3H3/b26-16+,27-15-,31-19+. The summed E-state index contributed by atoms with van der Waals surface area (Å²) in [6.07, 6.45) is 5.17. The van der Waals surface area contributed by atoms with Gasteiger partial charge in [0.05, 0.1) is 11.8 Å². The highest BCUT2D eigenvalue weighted by Crippen LogP contribution is 2.26. The molecule has 2 aliphatic rings. The van der Waals surface area contributed by atoms with Gasteiger partial charge in [-0.15, -0.1) is 0 Å². The number of hydrogen-bond acceptors (Lipinski definition) is 8. The number of hydrogen-bond donors (Lipinski definition) is 2. The SMILES string of the molecule is C\C(=N/C=c1/c(N2CC3CCC(C2)N3)nc(OCCCN(C)C)n/c1=C\F)c1cc(O)cc2ccccc12. The number of ether oxygens (including phenoxy) is 1. The van der Waals surface area contributed by atoms with Crippen LogP contribution in [0.3, 0.4) is 0 Å². The normalized spacial score (nSPS) is 20.7. The van der Waals surface area contributed by atoms with Gasteiger partial charge in [0.15, 0.2) is 0 Å². The minimum atomic E-state index is 0.140. The van der Waals surface area contributed by atoms with E-state index >= 15 is 0 Å². The van der Waals surface area contributed by atoms with Gasteiger partial charge < -0.3 is 25.0 Å². The summed E-state index contributed by atoms with van der Waals surface area (Å²) in [5.74, 6) is 0.796. The van der Waals surface area contributed by atoms with Gasteiger partial charge in [-0.3, -0.25) is 4.99 Å². The van der Waals surface area contributed by atoms with E-state index in [9.17, 15) is 9.50 Å². The molecule has 3 aromatic rings. The molecule has 8 nitrogen and oxygen atoms in total. The Kier molecular flexibility index (Phi) is 7.85. The van der Waals surface area contributed by atoms with Gasteiger partial charge in [-0.05, 0) is 63.2 Å². The molecule has 2 aromatic carbocycles. The summed E-state index contributed by atoms with van der Waals surface area (Å²) in [5, 5.41) is 16.5. The predicted octanol–water partition coefficient (Wildman–Crippen LogP) is 2.56. The first-order chi connectivity index (χ1) is 18.4. The van der Waals surface area contributed by atoms with Crippen molar-refractivity contribution in [2.24, 2.45) is 4.99 Å². The second-order valence-corrected chi connectivity index (χ2v) is 10.3. The molecule has 2 aliphatic heterocycles. The summed E-state index contributed by atoms with van der Waals surface area (Å²) in [4.78, 5) is 18.1. The number of nitrogens with one attached hydrogen (secondary N) is 1. The third-order valence-electron chi connectivity index (χ3n) is 7.16. The molecule has 0 amide bonds. The minimum absolute atomic E-state index is 0.140. The van der Waals surface area contributed by atoms with E-state index in [-0.39, 0.29) is 17.1 Å². The molecule has 2 unspecified atom stereocenters. The molecule has 2 N–H and O–H groups in total. The molecular weight excluding hydrogens is 483 g/mol. The van der Waals surface area contributed by atoms with Crippen LogP contribution in [0, 0.1) is 0 Å². The van der Waals surface area contributed by atoms with E-state index in [1.165, 1.54) is 0 Å². The number of anilines is 1. The van der Waals surface area contributed by atoms with Crippen molar-refractivity contribution >= 4 is 34.8 Å². The Morgan fingerprint density at radius 3 is 2.71 bits per heavy atom. The van der Waals surface area contributed by atoms with Gasteiger partial charge in [0.2, 0.25) is 0 Å². The summed E-state index contributed by atoms with van der Waals surface area (Å²) in [7, 11) is 4.02. The number of phenolic OH excluding ortho intramolecular Hbond substituents is 1. The number of rotatable bonds is 8. The zero-order chi connectivity index (χ0) is 26.6. The second-order valence-electron chi connectivity index (χ2n) is 10.3. The van der Waals surface area contributed by atoms with Crippen LogP contribution in [0.2, 0.25) is 0 Å². The molecule has 5 rings (SSSR count). The maximum atomic E-state index is 14.3. The van der Waals surface area contributed by atoms with Crippen LogP contribution in [-0.2, 0) is 0 Å².